The molecule has 1 aromatic heterocycles. The van der Waals surface area contributed by atoms with Gasteiger partial charge in [-0.3, -0.25) is 14.3 Å². The van der Waals surface area contributed by atoms with Gasteiger partial charge in [0.15, 0.2) is 0 Å². The Labute approximate surface area is 216 Å². The van der Waals surface area contributed by atoms with Gasteiger partial charge in [0, 0.05) is 38.5 Å². The van der Waals surface area contributed by atoms with Crippen LogP contribution in [0.1, 0.15) is 54.9 Å². The third-order valence-corrected chi connectivity index (χ3v) is 9.07. The van der Waals surface area contributed by atoms with Gasteiger partial charge in [-0.1, -0.05) is 0 Å². The first-order chi connectivity index (χ1) is 17.8. The van der Waals surface area contributed by atoms with Crippen LogP contribution in [0.3, 0.4) is 0 Å². The van der Waals surface area contributed by atoms with Gasteiger partial charge in [-0.05, 0) is 74.3 Å². The van der Waals surface area contributed by atoms with Crippen LogP contribution in [-0.2, 0) is 14.8 Å². The minimum atomic E-state index is -3.72. The maximum Gasteiger partial charge on any atom is 0.274 e. The normalized spacial score (nSPS) is 19.5. The van der Waals surface area contributed by atoms with Gasteiger partial charge in [-0.15, -0.1) is 0 Å². The van der Waals surface area contributed by atoms with Crippen molar-refractivity contribution in [2.75, 3.05) is 53.6 Å². The number of carbonyl (C=O) groups is 1. The molecule has 37 heavy (non-hydrogen) atoms. The summed E-state index contributed by atoms with van der Waals surface area (Å²) in [6, 6.07) is 8.17. The van der Waals surface area contributed by atoms with Crippen LogP contribution in [0.25, 0.3) is 0 Å². The highest BCUT2D eigenvalue weighted by Gasteiger charge is 2.44. The van der Waals surface area contributed by atoms with Crippen molar-refractivity contribution in [3.63, 3.8) is 0 Å². The van der Waals surface area contributed by atoms with Crippen molar-refractivity contribution in [2.45, 2.75) is 44.6 Å². The second-order valence-corrected chi connectivity index (χ2v) is 12.1. The van der Waals surface area contributed by atoms with E-state index in [2.05, 4.69) is 14.9 Å². The molecule has 2 aromatic rings. The van der Waals surface area contributed by atoms with Crippen LogP contribution >= 0.6 is 0 Å². The molecule has 1 spiro atoms. The molecular weight excluding hydrogens is 496 g/mol. The topological polar surface area (TPSA) is 130 Å². The molecule has 3 fully saturated rings. The van der Waals surface area contributed by atoms with E-state index in [0.29, 0.717) is 35.6 Å². The van der Waals surface area contributed by atoms with Crippen molar-refractivity contribution < 1.29 is 23.1 Å². The number of amides is 1. The fraction of sp³-hybridized carbons (Fsp3) is 0.538. The number of aliphatic hydroxyl groups is 1. The number of sulfonamides is 1. The number of benzene rings is 1. The quantitative estimate of drug-likeness (QED) is 0.478. The molecule has 2 saturated heterocycles. The van der Waals surface area contributed by atoms with Crippen LogP contribution in [-0.4, -0.2) is 62.7 Å². The molecule has 1 aromatic carbocycles. The Morgan fingerprint density at radius 3 is 2.51 bits per heavy atom. The number of aromatic nitrogens is 1. The van der Waals surface area contributed by atoms with E-state index in [4.69, 9.17) is 9.84 Å². The van der Waals surface area contributed by atoms with E-state index >= 15 is 0 Å². The van der Waals surface area contributed by atoms with E-state index in [0.717, 1.165) is 38.8 Å². The van der Waals surface area contributed by atoms with Crippen LogP contribution in [0, 0.1) is 5.41 Å². The lowest BCUT2D eigenvalue weighted by Crippen LogP contribution is -2.36. The Bertz CT molecular complexity index is 1300. The first kappa shape index (κ1) is 25.7. The Hall–Kier alpha value is -2.89. The van der Waals surface area contributed by atoms with Gasteiger partial charge in [-0.2, -0.15) is 0 Å². The molecule has 1 saturated carbocycles. The van der Waals surface area contributed by atoms with Crippen molar-refractivity contribution in [2.24, 2.45) is 5.41 Å². The van der Waals surface area contributed by atoms with Crippen LogP contribution in [0.2, 0.25) is 0 Å². The van der Waals surface area contributed by atoms with Crippen LogP contribution in [0.5, 0.6) is 0 Å². The summed E-state index contributed by atoms with van der Waals surface area (Å²) in [4.78, 5) is 28.8. The maximum atomic E-state index is 13.5. The molecule has 5 rings (SSSR count). The summed E-state index contributed by atoms with van der Waals surface area (Å²) in [5.41, 5.74) is 1.70. The van der Waals surface area contributed by atoms with Gasteiger partial charge in [0.25, 0.3) is 11.5 Å². The van der Waals surface area contributed by atoms with Crippen molar-refractivity contribution in [1.82, 2.24) is 4.57 Å². The maximum absolute atomic E-state index is 13.5. The van der Waals surface area contributed by atoms with E-state index in [1.54, 1.807) is 35.0 Å². The Morgan fingerprint density at radius 1 is 1.11 bits per heavy atom. The molecule has 3 aliphatic rings. The monoisotopic (exact) mass is 530 g/mol. The SMILES string of the molecule is O=C(Nc1cccn(C2CCOCC2)c1=O)c1ccc(NS(=O)(=O)CCO)cc1N1CCC2(CC1)CC2. The molecule has 0 radical (unpaired) electrons. The fourth-order valence-corrected chi connectivity index (χ4v) is 6.17. The van der Waals surface area contributed by atoms with E-state index < -0.39 is 28.3 Å². The van der Waals surface area contributed by atoms with Gasteiger partial charge in [0.05, 0.1) is 29.3 Å². The molecule has 0 unspecified atom stereocenters. The number of ether oxygens (including phenoxy) is 1. The third kappa shape index (κ3) is 5.83. The molecule has 3 N–H and O–H groups in total. The number of nitrogens with one attached hydrogen (secondary N) is 2. The number of hydrogen-bond acceptors (Lipinski definition) is 7. The Morgan fingerprint density at radius 2 is 1.84 bits per heavy atom. The average Bonchev–Trinajstić information content (AvgIpc) is 3.64. The Kier molecular flexibility index (Phi) is 7.28. The number of pyridine rings is 1. The molecular formula is C26H34N4O6S. The second kappa shape index (κ2) is 10.5. The van der Waals surface area contributed by atoms with Crippen molar-refractivity contribution in [3.8, 4) is 0 Å². The molecule has 2 aliphatic heterocycles. The van der Waals surface area contributed by atoms with Gasteiger partial charge < -0.3 is 24.6 Å². The second-order valence-electron chi connectivity index (χ2n) is 10.3. The molecule has 10 nitrogen and oxygen atoms in total. The number of aliphatic hydroxyl groups excluding tert-OH is 1. The lowest BCUT2D eigenvalue weighted by atomic mass is 9.93. The Balaban J connectivity index is 1.42. The zero-order valence-corrected chi connectivity index (χ0v) is 21.6. The minimum Gasteiger partial charge on any atom is -0.395 e. The highest BCUT2D eigenvalue weighted by Crippen LogP contribution is 2.54. The molecule has 0 atom stereocenters. The summed E-state index contributed by atoms with van der Waals surface area (Å²) in [7, 11) is -3.72. The summed E-state index contributed by atoms with van der Waals surface area (Å²) in [5.74, 6) is -0.835. The van der Waals surface area contributed by atoms with Gasteiger partial charge in [-0.25, -0.2) is 8.42 Å². The lowest BCUT2D eigenvalue weighted by Gasteiger charge is -2.35. The minimum absolute atomic E-state index is 0.0305. The zero-order chi connectivity index (χ0) is 26.0. The average molecular weight is 531 g/mol. The van der Waals surface area contributed by atoms with E-state index in [1.807, 2.05) is 0 Å². The standard InChI is InChI=1S/C26H34N4O6S/c31-14-17-37(34,35)28-19-3-4-21(23(18-19)29-12-9-26(7-8-26)10-13-29)24(32)27-22-2-1-11-30(25(22)33)20-5-15-36-16-6-20/h1-4,11,18,20,28,31H,5-10,12-17H2,(H,27,32). The van der Waals surface area contributed by atoms with Gasteiger partial charge in [0.2, 0.25) is 10.0 Å². The largest absolute Gasteiger partial charge is 0.395 e. The lowest BCUT2D eigenvalue weighted by molar-refractivity contribution is 0.0687. The predicted octanol–water partition coefficient (Wildman–Crippen LogP) is 2.57. The number of piperidine rings is 1. The number of carbonyl (C=O) groups excluding carboxylic acids is 1. The summed E-state index contributed by atoms with van der Waals surface area (Å²) >= 11 is 0. The number of anilines is 3. The molecule has 11 heteroatoms. The number of nitrogens with zero attached hydrogens (tertiary/aromatic N) is 2. The molecule has 3 heterocycles. The number of rotatable bonds is 8. The molecule has 1 aliphatic carbocycles. The smallest absolute Gasteiger partial charge is 0.274 e. The summed E-state index contributed by atoms with van der Waals surface area (Å²) in [6.07, 6.45) is 7.77. The van der Waals surface area contributed by atoms with Crippen molar-refractivity contribution in [3.05, 3.63) is 52.4 Å². The zero-order valence-electron chi connectivity index (χ0n) is 20.8. The highest BCUT2D eigenvalue weighted by molar-refractivity contribution is 7.92. The van der Waals surface area contributed by atoms with Crippen LogP contribution in [0.4, 0.5) is 17.1 Å². The summed E-state index contributed by atoms with van der Waals surface area (Å²) in [5, 5.41) is 11.9. The van der Waals surface area contributed by atoms with Crippen molar-refractivity contribution in [1.29, 1.82) is 0 Å². The molecule has 1 amide bonds. The third-order valence-electron chi connectivity index (χ3n) is 7.80. The fourth-order valence-electron chi connectivity index (χ4n) is 5.34. The molecule has 0 bridgehead atoms. The van der Waals surface area contributed by atoms with Crippen LogP contribution in [0.15, 0.2) is 41.3 Å². The van der Waals surface area contributed by atoms with Gasteiger partial charge in [0.1, 0.15) is 5.69 Å². The van der Waals surface area contributed by atoms with E-state index in [9.17, 15) is 18.0 Å². The van der Waals surface area contributed by atoms with E-state index in [-0.39, 0.29) is 17.3 Å². The van der Waals surface area contributed by atoms with Gasteiger partial charge >= 0.3 is 0 Å². The van der Waals surface area contributed by atoms with E-state index in [1.165, 1.54) is 18.9 Å². The highest BCUT2D eigenvalue weighted by atomic mass is 32.2. The summed E-state index contributed by atoms with van der Waals surface area (Å²) < 4.78 is 34.0. The predicted molar refractivity (Wildman–Crippen MR) is 142 cm³/mol. The first-order valence-electron chi connectivity index (χ1n) is 12.9. The molecule has 200 valence electrons. The summed E-state index contributed by atoms with van der Waals surface area (Å²) in [6.45, 7) is 2.26. The first-order valence-corrected chi connectivity index (χ1v) is 14.6. The van der Waals surface area contributed by atoms with Crippen molar-refractivity contribution >= 4 is 33.0 Å². The number of hydrogen-bond donors (Lipinski definition) is 3. The van der Waals surface area contributed by atoms with Crippen LogP contribution < -0.4 is 20.5 Å².